The molecule has 0 radical (unpaired) electrons. The molecule has 0 fully saturated rings. The monoisotopic (exact) mass is 261 g/mol. The van der Waals surface area contributed by atoms with Crippen LogP contribution in [0, 0.1) is 6.92 Å². The molecule has 0 spiro atoms. The van der Waals surface area contributed by atoms with E-state index in [1.54, 1.807) is 12.1 Å². The van der Waals surface area contributed by atoms with Crippen molar-refractivity contribution in [2.45, 2.75) is 19.4 Å². The molecule has 1 aromatic carbocycles. The summed E-state index contributed by atoms with van der Waals surface area (Å²) >= 11 is 0. The number of carboxylic acids is 1. The number of rotatable bonds is 3. The van der Waals surface area contributed by atoms with Crippen molar-refractivity contribution in [3.63, 3.8) is 0 Å². The average Bonchev–Trinajstić information content (AvgIpc) is 2.77. The highest BCUT2D eigenvalue weighted by Crippen LogP contribution is 2.34. The number of anilines is 1. The molecule has 0 bridgehead atoms. The van der Waals surface area contributed by atoms with Gasteiger partial charge in [0.2, 0.25) is 0 Å². The first-order chi connectivity index (χ1) is 9.06. The Balaban J connectivity index is 2.38. The second-order valence-corrected chi connectivity index (χ2v) is 4.37. The van der Waals surface area contributed by atoms with Gasteiger partial charge in [0, 0.05) is 6.42 Å². The Labute approximate surface area is 111 Å². The van der Waals surface area contributed by atoms with Crippen LogP contribution in [0.4, 0.5) is 10.5 Å². The number of fused-ring (bicyclic) bond motifs is 1. The van der Waals surface area contributed by atoms with Gasteiger partial charge in [-0.2, -0.15) is 0 Å². The molecule has 100 valence electrons. The van der Waals surface area contributed by atoms with Crippen LogP contribution in [0.15, 0.2) is 30.9 Å². The van der Waals surface area contributed by atoms with Gasteiger partial charge in [-0.15, -0.1) is 0 Å². The van der Waals surface area contributed by atoms with E-state index in [1.165, 1.54) is 11.0 Å². The van der Waals surface area contributed by atoms with E-state index in [0.29, 0.717) is 12.1 Å². The van der Waals surface area contributed by atoms with E-state index in [2.05, 4.69) is 6.58 Å². The SMILES string of the molecule is C=CCOC(=O)N1c2cccc(C)c2CC1C(=O)O. The van der Waals surface area contributed by atoms with Gasteiger partial charge in [-0.25, -0.2) is 9.59 Å². The fraction of sp³-hybridized carbons (Fsp3) is 0.286. The van der Waals surface area contributed by atoms with Crippen LogP contribution in [0.2, 0.25) is 0 Å². The Morgan fingerprint density at radius 1 is 1.58 bits per heavy atom. The number of hydrogen-bond donors (Lipinski definition) is 1. The molecule has 0 saturated heterocycles. The van der Waals surface area contributed by atoms with Crippen LogP contribution in [0.1, 0.15) is 11.1 Å². The van der Waals surface area contributed by atoms with E-state index in [-0.39, 0.29) is 6.61 Å². The van der Waals surface area contributed by atoms with Gasteiger partial charge in [-0.3, -0.25) is 4.90 Å². The summed E-state index contributed by atoms with van der Waals surface area (Å²) in [4.78, 5) is 24.5. The normalized spacial score (nSPS) is 16.9. The second-order valence-electron chi connectivity index (χ2n) is 4.37. The van der Waals surface area contributed by atoms with Crippen molar-refractivity contribution in [2.24, 2.45) is 0 Å². The van der Waals surface area contributed by atoms with E-state index < -0.39 is 18.1 Å². The third kappa shape index (κ3) is 2.31. The van der Waals surface area contributed by atoms with Crippen molar-refractivity contribution >= 4 is 17.7 Å². The van der Waals surface area contributed by atoms with Crippen LogP contribution in [0.5, 0.6) is 0 Å². The van der Waals surface area contributed by atoms with Gasteiger partial charge < -0.3 is 9.84 Å². The Kier molecular flexibility index (Phi) is 3.55. The minimum absolute atomic E-state index is 0.0584. The van der Waals surface area contributed by atoms with Crippen molar-refractivity contribution in [3.8, 4) is 0 Å². The quantitative estimate of drug-likeness (QED) is 0.846. The molecule has 1 heterocycles. The molecular formula is C14H15NO4. The molecule has 5 nitrogen and oxygen atoms in total. The van der Waals surface area contributed by atoms with Crippen LogP contribution >= 0.6 is 0 Å². The first-order valence-electron chi connectivity index (χ1n) is 5.94. The number of benzene rings is 1. The number of carbonyl (C=O) groups excluding carboxylic acids is 1. The van der Waals surface area contributed by atoms with Gasteiger partial charge in [0.05, 0.1) is 5.69 Å². The Bertz CT molecular complexity index is 538. The second kappa shape index (κ2) is 5.14. The number of hydrogen-bond acceptors (Lipinski definition) is 3. The van der Waals surface area contributed by atoms with E-state index in [1.807, 2.05) is 13.0 Å². The molecule has 1 aromatic rings. The Hall–Kier alpha value is -2.30. The molecular weight excluding hydrogens is 246 g/mol. The number of aliphatic carboxylic acids is 1. The molecule has 1 aliphatic rings. The number of nitrogens with zero attached hydrogens (tertiary/aromatic N) is 1. The maximum Gasteiger partial charge on any atom is 0.415 e. The average molecular weight is 261 g/mol. The van der Waals surface area contributed by atoms with E-state index in [4.69, 9.17) is 4.74 Å². The van der Waals surface area contributed by atoms with Crippen molar-refractivity contribution in [3.05, 3.63) is 42.0 Å². The van der Waals surface area contributed by atoms with Gasteiger partial charge in [0.25, 0.3) is 0 Å². The molecule has 0 saturated carbocycles. The molecule has 1 N–H and O–H groups in total. The summed E-state index contributed by atoms with van der Waals surface area (Å²) in [6.45, 7) is 5.42. The van der Waals surface area contributed by atoms with E-state index in [9.17, 15) is 14.7 Å². The number of aryl methyl sites for hydroxylation is 1. The van der Waals surface area contributed by atoms with Crippen LogP contribution < -0.4 is 4.90 Å². The highest BCUT2D eigenvalue weighted by molar-refractivity contribution is 5.98. The van der Waals surface area contributed by atoms with Crippen LogP contribution in [0.25, 0.3) is 0 Å². The minimum atomic E-state index is -1.04. The zero-order chi connectivity index (χ0) is 14.0. The first kappa shape index (κ1) is 13.1. The van der Waals surface area contributed by atoms with Gasteiger partial charge >= 0.3 is 12.1 Å². The molecule has 0 aromatic heterocycles. The number of ether oxygens (including phenoxy) is 1. The highest BCUT2D eigenvalue weighted by atomic mass is 16.6. The topological polar surface area (TPSA) is 66.8 Å². The molecule has 1 atom stereocenters. The van der Waals surface area contributed by atoms with Crippen molar-refractivity contribution in [1.82, 2.24) is 0 Å². The van der Waals surface area contributed by atoms with Crippen LogP contribution in [0.3, 0.4) is 0 Å². The third-order valence-electron chi connectivity index (χ3n) is 3.16. The Morgan fingerprint density at radius 2 is 2.32 bits per heavy atom. The summed E-state index contributed by atoms with van der Waals surface area (Å²) in [6.07, 6.45) is 1.10. The zero-order valence-electron chi connectivity index (χ0n) is 10.6. The lowest BCUT2D eigenvalue weighted by atomic mass is 10.0. The minimum Gasteiger partial charge on any atom is -0.480 e. The predicted molar refractivity (Wildman–Crippen MR) is 70.3 cm³/mol. The fourth-order valence-electron chi connectivity index (χ4n) is 2.25. The standard InChI is InChI=1S/C14H15NO4/c1-3-7-19-14(18)15-11-6-4-5-9(2)10(11)8-12(15)13(16)17/h3-6,12H,1,7-8H2,2H3,(H,16,17). The van der Waals surface area contributed by atoms with E-state index >= 15 is 0 Å². The van der Waals surface area contributed by atoms with Crippen LogP contribution in [-0.2, 0) is 16.0 Å². The molecule has 0 aliphatic carbocycles. The number of amides is 1. The maximum absolute atomic E-state index is 12.0. The molecule has 19 heavy (non-hydrogen) atoms. The maximum atomic E-state index is 12.0. The molecule has 5 heteroatoms. The fourth-order valence-corrected chi connectivity index (χ4v) is 2.25. The lowest BCUT2D eigenvalue weighted by Gasteiger charge is -2.21. The summed E-state index contributed by atoms with van der Waals surface area (Å²) in [7, 11) is 0. The van der Waals surface area contributed by atoms with Crippen molar-refractivity contribution < 1.29 is 19.4 Å². The summed E-state index contributed by atoms with van der Waals surface area (Å²) in [5, 5.41) is 9.25. The smallest absolute Gasteiger partial charge is 0.415 e. The van der Waals surface area contributed by atoms with Gasteiger partial charge in [-0.05, 0) is 24.1 Å². The lowest BCUT2D eigenvalue weighted by Crippen LogP contribution is -2.43. The summed E-state index contributed by atoms with van der Waals surface area (Å²) in [5.41, 5.74) is 2.47. The number of carbonyl (C=O) groups is 2. The van der Waals surface area contributed by atoms with Gasteiger partial charge in [0.15, 0.2) is 0 Å². The largest absolute Gasteiger partial charge is 0.480 e. The molecule has 1 unspecified atom stereocenters. The zero-order valence-corrected chi connectivity index (χ0v) is 10.6. The summed E-state index contributed by atoms with van der Waals surface area (Å²) in [6, 6.07) is 4.52. The van der Waals surface area contributed by atoms with E-state index in [0.717, 1.165) is 11.1 Å². The highest BCUT2D eigenvalue weighted by Gasteiger charge is 2.39. The lowest BCUT2D eigenvalue weighted by molar-refractivity contribution is -0.138. The van der Waals surface area contributed by atoms with Gasteiger partial charge in [0.1, 0.15) is 12.6 Å². The van der Waals surface area contributed by atoms with Gasteiger partial charge in [-0.1, -0.05) is 24.8 Å². The Morgan fingerprint density at radius 3 is 2.95 bits per heavy atom. The van der Waals surface area contributed by atoms with Crippen molar-refractivity contribution in [1.29, 1.82) is 0 Å². The van der Waals surface area contributed by atoms with Crippen molar-refractivity contribution in [2.75, 3.05) is 11.5 Å². The third-order valence-corrected chi connectivity index (χ3v) is 3.16. The summed E-state index contributed by atoms with van der Waals surface area (Å²) in [5.74, 6) is -1.04. The molecule has 1 aliphatic heterocycles. The summed E-state index contributed by atoms with van der Waals surface area (Å²) < 4.78 is 4.96. The number of carboxylic acid groups (broad SMARTS) is 1. The molecule has 2 rings (SSSR count). The first-order valence-corrected chi connectivity index (χ1v) is 5.94. The predicted octanol–water partition coefficient (Wildman–Crippen LogP) is 2.13. The molecule has 1 amide bonds. The van der Waals surface area contributed by atoms with Crippen LogP contribution in [-0.4, -0.2) is 29.8 Å².